The van der Waals surface area contributed by atoms with Crippen molar-refractivity contribution in [1.29, 1.82) is 0 Å². The molecule has 0 amide bonds. The normalized spacial score (nSPS) is 12.8. The van der Waals surface area contributed by atoms with Crippen LogP contribution in [0.25, 0.3) is 0 Å². The Morgan fingerprint density at radius 1 is 1.26 bits per heavy atom. The predicted molar refractivity (Wildman–Crippen MR) is 91.5 cm³/mol. The highest BCUT2D eigenvalue weighted by atomic mass is 32.2. The number of rotatable bonds is 10. The third kappa shape index (κ3) is 5.84. The van der Waals surface area contributed by atoms with Gasteiger partial charge in [0.2, 0.25) is 10.0 Å². The Kier molecular flexibility index (Phi) is 7.51. The summed E-state index contributed by atoms with van der Waals surface area (Å²) in [5.74, 6) is -1.15. The molecule has 130 valence electrons. The Hall–Kier alpha value is -1.60. The summed E-state index contributed by atoms with van der Waals surface area (Å²) < 4.78 is 27.8. The molecule has 0 heterocycles. The summed E-state index contributed by atoms with van der Waals surface area (Å²) in [5, 5.41) is 12.2. The summed E-state index contributed by atoms with van der Waals surface area (Å²) in [5.41, 5.74) is 0.384. The summed E-state index contributed by atoms with van der Waals surface area (Å²) in [4.78, 5) is 11.1. The van der Waals surface area contributed by atoms with Gasteiger partial charge in [-0.25, -0.2) is 17.9 Å². The first-order valence-corrected chi connectivity index (χ1v) is 9.43. The quantitative estimate of drug-likeness (QED) is 0.568. The molecule has 0 saturated heterocycles. The average molecular weight is 342 g/mol. The van der Waals surface area contributed by atoms with E-state index < -0.39 is 16.0 Å². The van der Waals surface area contributed by atoms with E-state index in [-0.39, 0.29) is 16.5 Å². The zero-order chi connectivity index (χ0) is 17.5. The molecule has 0 aliphatic rings. The summed E-state index contributed by atoms with van der Waals surface area (Å²) in [6, 6.07) is 3.92. The Morgan fingerprint density at radius 2 is 1.96 bits per heavy atom. The molecule has 0 bridgehead atoms. The molecule has 1 aromatic carbocycles. The molecular weight excluding hydrogens is 316 g/mol. The van der Waals surface area contributed by atoms with Crippen molar-refractivity contribution in [2.24, 2.45) is 0 Å². The van der Waals surface area contributed by atoms with E-state index in [1.165, 1.54) is 18.2 Å². The Balaban J connectivity index is 3.16. The van der Waals surface area contributed by atoms with Crippen molar-refractivity contribution in [3.05, 3.63) is 23.8 Å². The molecule has 23 heavy (non-hydrogen) atoms. The van der Waals surface area contributed by atoms with E-state index in [0.717, 1.165) is 25.7 Å². The van der Waals surface area contributed by atoms with Gasteiger partial charge in [-0.05, 0) is 38.0 Å². The highest BCUT2D eigenvalue weighted by molar-refractivity contribution is 7.89. The lowest BCUT2D eigenvalue weighted by molar-refractivity contribution is 0.0696. The minimum absolute atomic E-state index is 0.0172. The van der Waals surface area contributed by atoms with Gasteiger partial charge in [0.05, 0.1) is 11.3 Å². The van der Waals surface area contributed by atoms with Gasteiger partial charge in [0.1, 0.15) is 4.90 Å². The first-order chi connectivity index (χ1) is 10.8. The van der Waals surface area contributed by atoms with Crippen molar-refractivity contribution in [3.8, 4) is 0 Å². The van der Waals surface area contributed by atoms with Gasteiger partial charge >= 0.3 is 5.97 Å². The predicted octanol–water partition coefficient (Wildman–Crippen LogP) is 3.06. The van der Waals surface area contributed by atoms with Crippen LogP contribution in [-0.4, -0.2) is 32.1 Å². The molecule has 0 aliphatic carbocycles. The Bertz CT molecular complexity index is 629. The summed E-state index contributed by atoms with van der Waals surface area (Å²) in [6.07, 6.45) is 3.46. The van der Waals surface area contributed by atoms with Gasteiger partial charge in [0, 0.05) is 12.6 Å². The number of carbonyl (C=O) groups is 1. The average Bonchev–Trinajstić information content (AvgIpc) is 2.47. The van der Waals surface area contributed by atoms with Crippen molar-refractivity contribution >= 4 is 21.7 Å². The molecule has 0 radical (unpaired) electrons. The van der Waals surface area contributed by atoms with Gasteiger partial charge in [-0.15, -0.1) is 0 Å². The molecule has 3 N–H and O–H groups in total. The number of carboxylic acid groups (broad SMARTS) is 1. The van der Waals surface area contributed by atoms with Gasteiger partial charge in [-0.1, -0.05) is 26.7 Å². The van der Waals surface area contributed by atoms with Crippen molar-refractivity contribution in [3.63, 3.8) is 0 Å². The molecule has 1 rings (SSSR count). The number of nitrogens with one attached hydrogen (secondary N) is 2. The number of hydrogen-bond acceptors (Lipinski definition) is 4. The van der Waals surface area contributed by atoms with Crippen LogP contribution in [-0.2, 0) is 10.0 Å². The largest absolute Gasteiger partial charge is 0.478 e. The Morgan fingerprint density at radius 3 is 2.52 bits per heavy atom. The van der Waals surface area contributed by atoms with E-state index in [1.54, 1.807) is 6.92 Å². The number of unbranched alkanes of at least 4 members (excludes halogenated alkanes) is 1. The first kappa shape index (κ1) is 19.4. The van der Waals surface area contributed by atoms with Gasteiger partial charge in [-0.3, -0.25) is 0 Å². The zero-order valence-corrected chi connectivity index (χ0v) is 14.7. The van der Waals surface area contributed by atoms with Crippen LogP contribution in [0.1, 0.15) is 56.8 Å². The van der Waals surface area contributed by atoms with Gasteiger partial charge in [0.15, 0.2) is 0 Å². The summed E-state index contributed by atoms with van der Waals surface area (Å²) >= 11 is 0. The second kappa shape index (κ2) is 8.88. The third-order valence-corrected chi connectivity index (χ3v) is 5.07. The fourth-order valence-corrected chi connectivity index (χ4v) is 3.73. The zero-order valence-electron chi connectivity index (χ0n) is 13.9. The molecule has 0 aromatic heterocycles. The van der Waals surface area contributed by atoms with Crippen LogP contribution in [0, 0.1) is 0 Å². The van der Waals surface area contributed by atoms with Crippen LogP contribution in [0.4, 0.5) is 5.69 Å². The fraction of sp³-hybridized carbons (Fsp3) is 0.562. The maximum absolute atomic E-state index is 12.6. The second-order valence-corrected chi connectivity index (χ2v) is 7.29. The van der Waals surface area contributed by atoms with E-state index in [1.807, 2.05) is 13.8 Å². The van der Waals surface area contributed by atoms with Crippen molar-refractivity contribution in [2.75, 3.05) is 11.9 Å². The van der Waals surface area contributed by atoms with Crippen LogP contribution < -0.4 is 10.0 Å². The highest BCUT2D eigenvalue weighted by Gasteiger charge is 2.22. The second-order valence-electron chi connectivity index (χ2n) is 5.61. The highest BCUT2D eigenvalue weighted by Crippen LogP contribution is 2.23. The van der Waals surface area contributed by atoms with E-state index in [9.17, 15) is 13.2 Å². The van der Waals surface area contributed by atoms with Gasteiger partial charge in [-0.2, -0.15) is 0 Å². The molecule has 0 aliphatic heterocycles. The molecule has 1 atom stereocenters. The van der Waals surface area contributed by atoms with Crippen molar-refractivity contribution in [1.82, 2.24) is 4.72 Å². The molecule has 0 saturated carbocycles. The van der Waals surface area contributed by atoms with Gasteiger partial charge in [0.25, 0.3) is 0 Å². The number of hydrogen-bond donors (Lipinski definition) is 3. The van der Waals surface area contributed by atoms with E-state index >= 15 is 0 Å². The van der Waals surface area contributed by atoms with Gasteiger partial charge < -0.3 is 10.4 Å². The molecule has 0 fully saturated rings. The lowest BCUT2D eigenvalue weighted by Crippen LogP contribution is -2.33. The number of sulfonamides is 1. The number of benzene rings is 1. The molecular formula is C16H26N2O4S. The lowest BCUT2D eigenvalue weighted by atomic mass is 10.2. The summed E-state index contributed by atoms with van der Waals surface area (Å²) in [7, 11) is -3.78. The van der Waals surface area contributed by atoms with Crippen LogP contribution in [0.15, 0.2) is 23.1 Å². The van der Waals surface area contributed by atoms with Crippen LogP contribution in [0.3, 0.4) is 0 Å². The third-order valence-electron chi connectivity index (χ3n) is 3.44. The Labute approximate surface area is 138 Å². The summed E-state index contributed by atoms with van der Waals surface area (Å²) in [6.45, 7) is 6.46. The SMILES string of the molecule is CCCCNc1ccc(C(=O)O)cc1S(=O)(=O)N[C@@H](C)CCC. The van der Waals surface area contributed by atoms with E-state index in [0.29, 0.717) is 12.2 Å². The minimum atomic E-state index is -3.78. The molecule has 7 heteroatoms. The molecule has 1 aromatic rings. The smallest absolute Gasteiger partial charge is 0.335 e. The van der Waals surface area contributed by atoms with Crippen LogP contribution in [0.5, 0.6) is 0 Å². The molecule has 6 nitrogen and oxygen atoms in total. The fourth-order valence-electron chi connectivity index (χ4n) is 2.24. The standard InChI is InChI=1S/C16H26N2O4S/c1-4-6-10-17-14-9-8-13(16(19)20)11-15(14)23(21,22)18-12(3)7-5-2/h8-9,11-12,17-18H,4-7,10H2,1-3H3,(H,19,20)/t12-/m0/s1. The van der Waals surface area contributed by atoms with E-state index in [4.69, 9.17) is 5.11 Å². The number of aromatic carboxylic acids is 1. The van der Waals surface area contributed by atoms with Crippen molar-refractivity contribution < 1.29 is 18.3 Å². The topological polar surface area (TPSA) is 95.5 Å². The number of anilines is 1. The van der Waals surface area contributed by atoms with E-state index in [2.05, 4.69) is 10.0 Å². The lowest BCUT2D eigenvalue weighted by Gasteiger charge is -2.17. The van der Waals surface area contributed by atoms with Crippen LogP contribution >= 0.6 is 0 Å². The first-order valence-electron chi connectivity index (χ1n) is 7.95. The van der Waals surface area contributed by atoms with Crippen LogP contribution in [0.2, 0.25) is 0 Å². The molecule has 0 unspecified atom stereocenters. The van der Waals surface area contributed by atoms with Crippen molar-refractivity contribution in [2.45, 2.75) is 57.4 Å². The molecule has 0 spiro atoms. The monoisotopic (exact) mass is 342 g/mol. The number of carboxylic acids is 1. The maximum atomic E-state index is 12.6. The minimum Gasteiger partial charge on any atom is -0.478 e. The maximum Gasteiger partial charge on any atom is 0.335 e.